The number of pyridine rings is 1. The van der Waals surface area contributed by atoms with E-state index in [1.807, 2.05) is 0 Å². The van der Waals surface area contributed by atoms with E-state index in [2.05, 4.69) is 0 Å². The summed E-state index contributed by atoms with van der Waals surface area (Å²) in [6.07, 6.45) is -4.90. The minimum absolute atomic E-state index is 0.000938. The van der Waals surface area contributed by atoms with Gasteiger partial charge in [-0.3, -0.25) is 19.0 Å². The molecule has 1 aromatic heterocycles. The van der Waals surface area contributed by atoms with Crippen LogP contribution in [0.1, 0.15) is 22.5 Å². The molecule has 0 bridgehead atoms. The number of primary amides is 1. The van der Waals surface area contributed by atoms with Crippen molar-refractivity contribution in [1.29, 1.82) is 5.26 Å². The summed E-state index contributed by atoms with van der Waals surface area (Å²) in [5, 5.41) is 8.44. The molecule has 0 saturated carbocycles. The third-order valence-electron chi connectivity index (χ3n) is 3.01. The summed E-state index contributed by atoms with van der Waals surface area (Å²) >= 11 is 0. The van der Waals surface area contributed by atoms with E-state index in [-0.39, 0.29) is 17.5 Å². The largest absolute Gasteiger partial charge is 0.431 e. The lowest BCUT2D eigenvalue weighted by Gasteiger charge is -2.19. The lowest BCUT2D eigenvalue weighted by Crippen LogP contribution is -2.39. The van der Waals surface area contributed by atoms with Crippen molar-refractivity contribution in [2.45, 2.75) is 19.1 Å². The molecule has 0 atom stereocenters. The average molecular weight is 330 g/mol. The summed E-state index contributed by atoms with van der Waals surface area (Å²) in [5.74, 6) is -2.00. The molecule has 0 aromatic carbocycles. The first-order valence-electron chi connectivity index (χ1n) is 6.31. The van der Waals surface area contributed by atoms with Crippen LogP contribution in [0, 0.1) is 11.3 Å². The molecule has 0 aliphatic rings. The first-order chi connectivity index (χ1) is 10.6. The van der Waals surface area contributed by atoms with Crippen LogP contribution in [0.15, 0.2) is 16.9 Å². The van der Waals surface area contributed by atoms with Gasteiger partial charge >= 0.3 is 6.18 Å². The minimum Gasteiger partial charge on any atom is -0.365 e. The molecule has 124 valence electrons. The zero-order chi connectivity index (χ0) is 17.8. The number of carbonyl (C=O) groups excluding carboxylic acids is 2. The molecule has 0 radical (unpaired) electrons. The van der Waals surface area contributed by atoms with Crippen LogP contribution in [0.25, 0.3) is 0 Å². The summed E-state index contributed by atoms with van der Waals surface area (Å²) in [6, 6.07) is 2.98. The van der Waals surface area contributed by atoms with Gasteiger partial charge in [-0.15, -0.1) is 0 Å². The molecule has 0 fully saturated rings. The molecule has 23 heavy (non-hydrogen) atoms. The summed E-state index contributed by atoms with van der Waals surface area (Å²) in [5.41, 5.74) is 1.62. The number of nitrogens with zero attached hydrogens (tertiary/aromatic N) is 3. The second kappa shape index (κ2) is 6.95. The summed E-state index contributed by atoms with van der Waals surface area (Å²) < 4.78 is 39.1. The number of nitrogens with two attached hydrogens (primary N) is 1. The van der Waals surface area contributed by atoms with Crippen LogP contribution in [-0.2, 0) is 17.5 Å². The van der Waals surface area contributed by atoms with Crippen LogP contribution >= 0.6 is 0 Å². The van der Waals surface area contributed by atoms with Gasteiger partial charge in [-0.2, -0.15) is 18.4 Å². The Morgan fingerprint density at radius 3 is 2.48 bits per heavy atom. The Labute approximate surface area is 128 Å². The number of hydrogen-bond acceptors (Lipinski definition) is 4. The summed E-state index contributed by atoms with van der Waals surface area (Å²) in [7, 11) is 1.29. The van der Waals surface area contributed by atoms with Gasteiger partial charge in [0.1, 0.15) is 17.8 Å². The fourth-order valence-electron chi connectivity index (χ4n) is 1.77. The van der Waals surface area contributed by atoms with E-state index < -0.39 is 41.4 Å². The van der Waals surface area contributed by atoms with E-state index in [0.717, 1.165) is 4.90 Å². The van der Waals surface area contributed by atoms with Gasteiger partial charge in [-0.1, -0.05) is 0 Å². The number of hydrogen-bond donors (Lipinski definition) is 1. The third kappa shape index (κ3) is 4.32. The molecule has 7 nitrogen and oxygen atoms in total. The second-order valence-corrected chi connectivity index (χ2v) is 4.61. The van der Waals surface area contributed by atoms with Crippen molar-refractivity contribution in [1.82, 2.24) is 9.47 Å². The van der Waals surface area contributed by atoms with Crippen LogP contribution in [0.4, 0.5) is 13.2 Å². The standard InChI is InChI=1S/C13H13F3N4O3/c1-19(6-2-5-17)10(21)7-20-9(13(14,15)16)4-3-8(11(18)22)12(20)23/h3-4H,2,6-7H2,1H3,(H2,18,22). The van der Waals surface area contributed by atoms with Gasteiger partial charge in [0.05, 0.1) is 12.5 Å². The van der Waals surface area contributed by atoms with E-state index >= 15 is 0 Å². The number of rotatable bonds is 5. The predicted molar refractivity (Wildman–Crippen MR) is 72.1 cm³/mol. The Morgan fingerprint density at radius 2 is 2.00 bits per heavy atom. The van der Waals surface area contributed by atoms with Crippen molar-refractivity contribution < 1.29 is 22.8 Å². The average Bonchev–Trinajstić information content (AvgIpc) is 2.44. The Kier molecular flexibility index (Phi) is 5.51. The van der Waals surface area contributed by atoms with Gasteiger partial charge in [0.2, 0.25) is 5.91 Å². The van der Waals surface area contributed by atoms with Crippen LogP contribution in [-0.4, -0.2) is 34.9 Å². The minimum atomic E-state index is -4.89. The lowest BCUT2D eigenvalue weighted by atomic mass is 10.2. The summed E-state index contributed by atoms with van der Waals surface area (Å²) in [6.45, 7) is -0.919. The van der Waals surface area contributed by atoms with Crippen molar-refractivity contribution in [3.05, 3.63) is 33.7 Å². The molecule has 1 rings (SSSR count). The zero-order valence-corrected chi connectivity index (χ0v) is 12.1. The molecular weight excluding hydrogens is 317 g/mol. The van der Waals surface area contributed by atoms with Crippen molar-refractivity contribution in [2.75, 3.05) is 13.6 Å². The highest BCUT2D eigenvalue weighted by atomic mass is 19.4. The number of aromatic nitrogens is 1. The Morgan fingerprint density at radius 1 is 1.39 bits per heavy atom. The fourth-order valence-corrected chi connectivity index (χ4v) is 1.77. The maximum absolute atomic E-state index is 13.0. The SMILES string of the molecule is CN(CCC#N)C(=O)Cn1c(C(F)(F)F)ccc(C(N)=O)c1=O. The van der Waals surface area contributed by atoms with Gasteiger partial charge in [-0.05, 0) is 12.1 Å². The number of carbonyl (C=O) groups is 2. The Balaban J connectivity index is 3.29. The second-order valence-electron chi connectivity index (χ2n) is 4.61. The number of alkyl halides is 3. The predicted octanol–water partition coefficient (Wildman–Crippen LogP) is 0.338. The first kappa shape index (κ1) is 18.2. The molecule has 10 heteroatoms. The molecule has 2 N–H and O–H groups in total. The number of amides is 2. The number of nitriles is 1. The van der Waals surface area contributed by atoms with Crippen LogP contribution in [0.3, 0.4) is 0 Å². The van der Waals surface area contributed by atoms with Crippen LogP contribution < -0.4 is 11.3 Å². The van der Waals surface area contributed by atoms with Gasteiger partial charge in [0.25, 0.3) is 11.5 Å². The normalized spacial score (nSPS) is 10.9. The molecule has 0 unspecified atom stereocenters. The van der Waals surface area contributed by atoms with Crippen molar-refractivity contribution in [2.24, 2.45) is 5.73 Å². The maximum atomic E-state index is 13.0. The fraction of sp³-hybridized carbons (Fsp3) is 0.385. The monoisotopic (exact) mass is 330 g/mol. The Bertz CT molecular complexity index is 719. The number of likely N-dealkylation sites (N-methyl/N-ethyl adjacent to an activating group) is 1. The quantitative estimate of drug-likeness (QED) is 0.839. The highest BCUT2D eigenvalue weighted by Crippen LogP contribution is 2.28. The van der Waals surface area contributed by atoms with Gasteiger partial charge < -0.3 is 10.6 Å². The molecule has 1 heterocycles. The highest BCUT2D eigenvalue weighted by Gasteiger charge is 2.35. The van der Waals surface area contributed by atoms with Crippen molar-refractivity contribution >= 4 is 11.8 Å². The van der Waals surface area contributed by atoms with Crippen LogP contribution in [0.2, 0.25) is 0 Å². The topological polar surface area (TPSA) is 109 Å². The van der Waals surface area contributed by atoms with E-state index in [1.54, 1.807) is 6.07 Å². The third-order valence-corrected chi connectivity index (χ3v) is 3.01. The molecule has 1 aromatic rings. The maximum Gasteiger partial charge on any atom is 0.431 e. The molecule has 0 aliphatic heterocycles. The highest BCUT2D eigenvalue weighted by molar-refractivity contribution is 5.92. The van der Waals surface area contributed by atoms with Gasteiger partial charge in [-0.25, -0.2) is 0 Å². The Hall–Kier alpha value is -2.83. The number of halogens is 3. The molecular formula is C13H13F3N4O3. The first-order valence-corrected chi connectivity index (χ1v) is 6.31. The molecule has 0 saturated heterocycles. The van der Waals surface area contributed by atoms with E-state index in [1.165, 1.54) is 7.05 Å². The van der Waals surface area contributed by atoms with Crippen molar-refractivity contribution in [3.63, 3.8) is 0 Å². The van der Waals surface area contributed by atoms with Crippen LogP contribution in [0.5, 0.6) is 0 Å². The molecule has 0 aliphatic carbocycles. The van der Waals surface area contributed by atoms with E-state index in [4.69, 9.17) is 11.0 Å². The van der Waals surface area contributed by atoms with Gasteiger partial charge in [0.15, 0.2) is 0 Å². The summed E-state index contributed by atoms with van der Waals surface area (Å²) in [4.78, 5) is 36.0. The van der Waals surface area contributed by atoms with Gasteiger partial charge in [0, 0.05) is 13.6 Å². The molecule has 0 spiro atoms. The van der Waals surface area contributed by atoms with Crippen molar-refractivity contribution in [3.8, 4) is 6.07 Å². The smallest absolute Gasteiger partial charge is 0.365 e. The molecule has 2 amide bonds. The van der Waals surface area contributed by atoms with E-state index in [0.29, 0.717) is 12.1 Å². The lowest BCUT2D eigenvalue weighted by molar-refractivity contribution is -0.145. The van der Waals surface area contributed by atoms with E-state index in [9.17, 15) is 27.6 Å². The zero-order valence-electron chi connectivity index (χ0n) is 12.1.